The Balaban J connectivity index is 2.78. The number of ether oxygens (including phenoxy) is 3. The predicted octanol–water partition coefficient (Wildman–Crippen LogP) is 1.56. The number of methoxy groups -OCH3 is 2. The van der Waals surface area contributed by atoms with Crippen molar-refractivity contribution in [2.45, 2.75) is 6.61 Å². The molecule has 0 aliphatic heterocycles. The molecule has 1 aromatic rings. The van der Waals surface area contributed by atoms with Gasteiger partial charge in [0.2, 0.25) is 0 Å². The highest BCUT2D eigenvalue weighted by Crippen LogP contribution is 2.24. The smallest absolute Gasteiger partial charge is 0.407 e. The van der Waals surface area contributed by atoms with Crippen LogP contribution in [0.3, 0.4) is 0 Å². The van der Waals surface area contributed by atoms with Gasteiger partial charge in [-0.2, -0.15) is 0 Å². The van der Waals surface area contributed by atoms with E-state index >= 15 is 0 Å². The highest BCUT2D eigenvalue weighted by molar-refractivity contribution is 5.66. The molecule has 0 saturated carbocycles. The lowest BCUT2D eigenvalue weighted by Crippen LogP contribution is -2.19. The van der Waals surface area contributed by atoms with Crippen LogP contribution in [-0.4, -0.2) is 27.4 Å². The van der Waals surface area contributed by atoms with E-state index in [1.807, 2.05) is 0 Å². The number of benzene rings is 1. The van der Waals surface area contributed by atoms with Gasteiger partial charge in [-0.05, 0) is 18.2 Å². The molecule has 0 unspecified atom stereocenters. The normalized spacial score (nSPS) is 9.44. The number of hydrogen-bond acceptors (Lipinski definition) is 4. The van der Waals surface area contributed by atoms with Crippen molar-refractivity contribution in [3.05, 3.63) is 23.8 Å². The molecule has 1 aromatic carbocycles. The minimum absolute atomic E-state index is 0.139. The number of rotatable bonds is 4. The van der Waals surface area contributed by atoms with Gasteiger partial charge in [0.15, 0.2) is 0 Å². The van der Waals surface area contributed by atoms with Gasteiger partial charge in [-0.3, -0.25) is 0 Å². The van der Waals surface area contributed by atoms with Crippen LogP contribution in [0.1, 0.15) is 5.56 Å². The second kappa shape index (κ2) is 5.85. The zero-order valence-electron chi connectivity index (χ0n) is 9.57. The summed E-state index contributed by atoms with van der Waals surface area (Å²) in [5, 5.41) is 2.37. The first-order valence-electron chi connectivity index (χ1n) is 4.76. The molecule has 16 heavy (non-hydrogen) atoms. The van der Waals surface area contributed by atoms with Gasteiger partial charge in [-0.1, -0.05) is 0 Å². The number of alkyl carbamates (subject to hydrolysis) is 1. The zero-order valence-corrected chi connectivity index (χ0v) is 9.57. The molecule has 0 fully saturated rings. The van der Waals surface area contributed by atoms with E-state index < -0.39 is 6.09 Å². The molecule has 0 heterocycles. The number of amides is 1. The summed E-state index contributed by atoms with van der Waals surface area (Å²) in [5.74, 6) is 1.35. The first-order chi connectivity index (χ1) is 7.71. The standard InChI is InChI=1S/C11H15NO4/c1-12-11(13)16-7-8-6-9(14-2)4-5-10(8)15-3/h4-6H,7H2,1-3H3,(H,12,13). The fourth-order valence-electron chi connectivity index (χ4n) is 1.21. The molecule has 0 spiro atoms. The second-order valence-corrected chi connectivity index (χ2v) is 3.00. The van der Waals surface area contributed by atoms with Crippen molar-refractivity contribution in [3.8, 4) is 11.5 Å². The lowest BCUT2D eigenvalue weighted by Gasteiger charge is -2.10. The molecule has 5 nitrogen and oxygen atoms in total. The number of nitrogens with one attached hydrogen (secondary N) is 1. The third kappa shape index (κ3) is 3.05. The molecule has 0 aliphatic carbocycles. The molecule has 0 bridgehead atoms. The third-order valence-electron chi connectivity index (χ3n) is 2.05. The van der Waals surface area contributed by atoms with Crippen LogP contribution in [0.4, 0.5) is 4.79 Å². The van der Waals surface area contributed by atoms with E-state index in [2.05, 4.69) is 5.32 Å². The van der Waals surface area contributed by atoms with Crippen molar-refractivity contribution in [2.24, 2.45) is 0 Å². The molecular weight excluding hydrogens is 210 g/mol. The third-order valence-corrected chi connectivity index (χ3v) is 2.05. The topological polar surface area (TPSA) is 56.8 Å². The average molecular weight is 225 g/mol. The van der Waals surface area contributed by atoms with E-state index in [1.165, 1.54) is 7.05 Å². The fourth-order valence-corrected chi connectivity index (χ4v) is 1.21. The highest BCUT2D eigenvalue weighted by atomic mass is 16.5. The molecule has 0 saturated heterocycles. The van der Waals surface area contributed by atoms with E-state index in [9.17, 15) is 4.79 Å². The van der Waals surface area contributed by atoms with Crippen LogP contribution in [-0.2, 0) is 11.3 Å². The zero-order chi connectivity index (χ0) is 12.0. The summed E-state index contributed by atoms with van der Waals surface area (Å²) in [6.07, 6.45) is -0.482. The van der Waals surface area contributed by atoms with Crippen LogP contribution in [0.5, 0.6) is 11.5 Å². The van der Waals surface area contributed by atoms with Crippen molar-refractivity contribution >= 4 is 6.09 Å². The Morgan fingerprint density at radius 2 is 2.06 bits per heavy atom. The van der Waals surface area contributed by atoms with Crippen LogP contribution in [0.2, 0.25) is 0 Å². The van der Waals surface area contributed by atoms with Gasteiger partial charge in [-0.15, -0.1) is 0 Å². The summed E-state index contributed by atoms with van der Waals surface area (Å²) >= 11 is 0. The Morgan fingerprint density at radius 1 is 1.31 bits per heavy atom. The van der Waals surface area contributed by atoms with Crippen molar-refractivity contribution in [1.29, 1.82) is 0 Å². The Hall–Kier alpha value is -1.91. The lowest BCUT2D eigenvalue weighted by atomic mass is 10.2. The number of carbonyl (C=O) groups excluding carboxylic acids is 1. The molecular formula is C11H15NO4. The van der Waals surface area contributed by atoms with Gasteiger partial charge < -0.3 is 19.5 Å². The number of carbonyl (C=O) groups is 1. The fraction of sp³-hybridized carbons (Fsp3) is 0.364. The maximum absolute atomic E-state index is 10.9. The SMILES string of the molecule is CNC(=O)OCc1cc(OC)ccc1OC. The quantitative estimate of drug-likeness (QED) is 0.844. The van der Waals surface area contributed by atoms with Crippen molar-refractivity contribution < 1.29 is 19.0 Å². The Morgan fingerprint density at radius 3 is 2.62 bits per heavy atom. The lowest BCUT2D eigenvalue weighted by molar-refractivity contribution is 0.141. The Bertz CT molecular complexity index is 365. The van der Waals surface area contributed by atoms with E-state index in [4.69, 9.17) is 14.2 Å². The van der Waals surface area contributed by atoms with E-state index in [0.29, 0.717) is 11.5 Å². The summed E-state index contributed by atoms with van der Waals surface area (Å²) in [4.78, 5) is 10.9. The summed E-state index contributed by atoms with van der Waals surface area (Å²) in [5.41, 5.74) is 0.755. The molecule has 1 N–H and O–H groups in total. The van der Waals surface area contributed by atoms with Gasteiger partial charge in [0.05, 0.1) is 14.2 Å². The monoisotopic (exact) mass is 225 g/mol. The molecule has 1 amide bonds. The molecule has 0 aromatic heterocycles. The van der Waals surface area contributed by atoms with Crippen molar-refractivity contribution in [2.75, 3.05) is 21.3 Å². The second-order valence-electron chi connectivity index (χ2n) is 3.00. The molecule has 88 valence electrons. The predicted molar refractivity (Wildman–Crippen MR) is 58.8 cm³/mol. The maximum Gasteiger partial charge on any atom is 0.407 e. The van der Waals surface area contributed by atoms with Crippen LogP contribution in [0.25, 0.3) is 0 Å². The van der Waals surface area contributed by atoms with Gasteiger partial charge in [-0.25, -0.2) is 4.79 Å². The van der Waals surface area contributed by atoms with Crippen LogP contribution in [0.15, 0.2) is 18.2 Å². The minimum atomic E-state index is -0.482. The maximum atomic E-state index is 10.9. The van der Waals surface area contributed by atoms with Gasteiger partial charge >= 0.3 is 6.09 Å². The van der Waals surface area contributed by atoms with Crippen LogP contribution in [0, 0.1) is 0 Å². The summed E-state index contributed by atoms with van der Waals surface area (Å²) in [6, 6.07) is 5.31. The first-order valence-corrected chi connectivity index (χ1v) is 4.76. The first kappa shape index (κ1) is 12.2. The summed E-state index contributed by atoms with van der Waals surface area (Å²) in [6.45, 7) is 0.139. The Labute approximate surface area is 94.3 Å². The molecule has 0 atom stereocenters. The van der Waals surface area contributed by atoms with Crippen molar-refractivity contribution in [3.63, 3.8) is 0 Å². The van der Waals surface area contributed by atoms with E-state index in [-0.39, 0.29) is 6.61 Å². The molecule has 1 rings (SSSR count). The summed E-state index contributed by atoms with van der Waals surface area (Å²) < 4.78 is 15.2. The minimum Gasteiger partial charge on any atom is -0.497 e. The van der Waals surface area contributed by atoms with Gasteiger partial charge in [0.25, 0.3) is 0 Å². The molecule has 0 radical (unpaired) electrons. The average Bonchev–Trinajstić information content (AvgIpc) is 2.35. The number of hydrogen-bond donors (Lipinski definition) is 1. The highest BCUT2D eigenvalue weighted by Gasteiger charge is 2.07. The van der Waals surface area contributed by atoms with Crippen molar-refractivity contribution in [1.82, 2.24) is 5.32 Å². The summed E-state index contributed by atoms with van der Waals surface area (Å²) in [7, 11) is 4.64. The van der Waals surface area contributed by atoms with E-state index in [0.717, 1.165) is 5.56 Å². The van der Waals surface area contributed by atoms with Crippen LogP contribution < -0.4 is 14.8 Å². The van der Waals surface area contributed by atoms with Crippen LogP contribution >= 0.6 is 0 Å². The molecule has 0 aliphatic rings. The van der Waals surface area contributed by atoms with Gasteiger partial charge in [0.1, 0.15) is 18.1 Å². The van der Waals surface area contributed by atoms with Gasteiger partial charge in [0, 0.05) is 12.6 Å². The van der Waals surface area contributed by atoms with E-state index in [1.54, 1.807) is 32.4 Å². The largest absolute Gasteiger partial charge is 0.497 e. The Kier molecular flexibility index (Phi) is 4.44. The molecule has 5 heteroatoms.